The highest BCUT2D eigenvalue weighted by atomic mass is 32.2. The third-order valence-electron chi connectivity index (χ3n) is 8.69. The minimum Gasteiger partial charge on any atom is -0.344 e. The number of aryl methyl sites for hydroxylation is 1. The number of hydrogen-bond donors (Lipinski definition) is 4. The van der Waals surface area contributed by atoms with Crippen LogP contribution in [0.15, 0.2) is 65.6 Å². The molecule has 0 unspecified atom stereocenters. The molecule has 0 radical (unpaired) electrons. The maximum atomic E-state index is 14.9. The summed E-state index contributed by atoms with van der Waals surface area (Å²) >= 11 is 0. The normalized spacial score (nSPS) is 17.3. The van der Waals surface area contributed by atoms with E-state index in [9.17, 15) is 22.4 Å². The van der Waals surface area contributed by atoms with Gasteiger partial charge in [0, 0.05) is 32.1 Å². The zero-order chi connectivity index (χ0) is 33.7. The number of carbonyl (C=O) groups excluding carboxylic acids is 2. The minimum absolute atomic E-state index is 0.0862. The molecule has 12 nitrogen and oxygen atoms in total. The molecule has 3 aromatic carbocycles. The molecule has 14 heteroatoms. The molecule has 1 heterocycles. The van der Waals surface area contributed by atoms with Crippen molar-refractivity contribution in [3.05, 3.63) is 77.6 Å². The van der Waals surface area contributed by atoms with Crippen LogP contribution in [-0.2, 0) is 26.0 Å². The summed E-state index contributed by atoms with van der Waals surface area (Å²) in [6, 6.07) is 15.8. The number of sulfonamides is 1. The predicted molar refractivity (Wildman–Crippen MR) is 176 cm³/mol. The van der Waals surface area contributed by atoms with Crippen LogP contribution in [0.1, 0.15) is 36.8 Å². The summed E-state index contributed by atoms with van der Waals surface area (Å²) in [6.45, 7) is 2.45. The number of nitrogens with zero attached hydrogens (tertiary/aromatic N) is 4. The molecule has 1 saturated carbocycles. The van der Waals surface area contributed by atoms with Crippen molar-refractivity contribution in [3.8, 4) is 22.5 Å². The van der Waals surface area contributed by atoms with E-state index in [1.807, 2.05) is 31.2 Å². The van der Waals surface area contributed by atoms with Gasteiger partial charge in [-0.2, -0.15) is 5.21 Å². The molecule has 1 fully saturated rings. The molecule has 1 aliphatic rings. The number of aromatic amines is 1. The van der Waals surface area contributed by atoms with Crippen LogP contribution in [0, 0.1) is 24.6 Å². The monoisotopic (exact) mass is 662 g/mol. The molecule has 0 saturated heterocycles. The van der Waals surface area contributed by atoms with E-state index < -0.39 is 27.8 Å². The van der Waals surface area contributed by atoms with Crippen molar-refractivity contribution in [2.24, 2.45) is 17.6 Å². The van der Waals surface area contributed by atoms with Gasteiger partial charge in [-0.3, -0.25) is 9.59 Å². The Hall–Kier alpha value is -4.53. The highest BCUT2D eigenvalue weighted by molar-refractivity contribution is 7.89. The average molecular weight is 663 g/mol. The first-order valence-electron chi connectivity index (χ1n) is 15.4. The topological polar surface area (TPSA) is 176 Å². The van der Waals surface area contributed by atoms with Gasteiger partial charge in [-0.15, -0.1) is 10.2 Å². The van der Waals surface area contributed by atoms with E-state index in [-0.39, 0.29) is 40.2 Å². The summed E-state index contributed by atoms with van der Waals surface area (Å²) in [7, 11) is -0.578. The summed E-state index contributed by atoms with van der Waals surface area (Å²) in [5.74, 6) is -1.05. The number of benzene rings is 3. The van der Waals surface area contributed by atoms with Gasteiger partial charge in [-0.25, -0.2) is 17.1 Å². The van der Waals surface area contributed by atoms with Crippen LogP contribution in [0.4, 0.5) is 10.1 Å². The van der Waals surface area contributed by atoms with Crippen LogP contribution in [0.5, 0.6) is 0 Å². The first kappa shape index (κ1) is 33.8. The van der Waals surface area contributed by atoms with Crippen LogP contribution >= 0.6 is 0 Å². The van der Waals surface area contributed by atoms with Crippen molar-refractivity contribution in [1.82, 2.24) is 30.2 Å². The molecule has 5 N–H and O–H groups in total. The molecular weight excluding hydrogens is 623 g/mol. The number of nitrogens with one attached hydrogen (secondary N) is 3. The average Bonchev–Trinajstić information content (AvgIpc) is 3.59. The van der Waals surface area contributed by atoms with Gasteiger partial charge in [0.25, 0.3) is 0 Å². The quantitative estimate of drug-likeness (QED) is 0.188. The van der Waals surface area contributed by atoms with Gasteiger partial charge >= 0.3 is 0 Å². The number of amides is 2. The number of tetrazole rings is 1. The first-order chi connectivity index (χ1) is 22.5. The van der Waals surface area contributed by atoms with Gasteiger partial charge in [-0.1, -0.05) is 30.3 Å². The molecule has 4 aromatic rings. The highest BCUT2D eigenvalue weighted by Crippen LogP contribution is 2.30. The first-order valence-corrected chi connectivity index (χ1v) is 16.9. The zero-order valence-electron chi connectivity index (χ0n) is 26.5. The lowest BCUT2D eigenvalue weighted by Gasteiger charge is -2.28. The number of nitrogens with two attached hydrogens (primary N) is 1. The Morgan fingerprint density at radius 3 is 2.32 bits per heavy atom. The van der Waals surface area contributed by atoms with Crippen LogP contribution in [0.3, 0.4) is 0 Å². The van der Waals surface area contributed by atoms with E-state index in [0.29, 0.717) is 25.3 Å². The molecule has 1 aliphatic carbocycles. The van der Waals surface area contributed by atoms with E-state index in [0.717, 1.165) is 35.1 Å². The number of rotatable bonds is 11. The Bertz CT molecular complexity index is 1820. The Kier molecular flexibility index (Phi) is 10.4. The van der Waals surface area contributed by atoms with Crippen molar-refractivity contribution in [2.75, 3.05) is 26.0 Å². The molecule has 0 aliphatic heterocycles. The number of halogens is 1. The van der Waals surface area contributed by atoms with E-state index in [2.05, 4.69) is 31.3 Å². The van der Waals surface area contributed by atoms with Gasteiger partial charge in [0.05, 0.1) is 10.5 Å². The van der Waals surface area contributed by atoms with Crippen LogP contribution in [0.2, 0.25) is 0 Å². The van der Waals surface area contributed by atoms with Crippen LogP contribution < -0.4 is 16.4 Å². The van der Waals surface area contributed by atoms with Crippen molar-refractivity contribution in [2.45, 2.75) is 50.0 Å². The number of carbonyl (C=O) groups is 2. The Morgan fingerprint density at radius 1 is 1.02 bits per heavy atom. The molecule has 0 bridgehead atoms. The summed E-state index contributed by atoms with van der Waals surface area (Å²) in [4.78, 5) is 27.2. The standard InChI is InChI=1S/C33H39FN8O4S/c1-20-16-26(47(45,46)42(2)3)13-15-27(20)23-8-4-21(5-9-23)17-30(37-32(43)24-10-6-22(19-35)7-11-24)33(44)36-25-12-14-28(29(34)18-25)31-38-40-41-39-31/h4-5,8-9,12-16,18,22,24,30H,6-7,10-11,17,19,35H2,1-3H3,(H,36,44)(H,37,43)(H,38,39,40,41)/t22?,24?,30-/m0/s1. The molecule has 2 amide bonds. The second-order valence-corrected chi connectivity index (χ2v) is 14.3. The smallest absolute Gasteiger partial charge is 0.247 e. The summed E-state index contributed by atoms with van der Waals surface area (Å²) in [5.41, 5.74) is 9.50. The van der Waals surface area contributed by atoms with Crippen LogP contribution in [-0.4, -0.2) is 71.8 Å². The van der Waals surface area contributed by atoms with Crippen molar-refractivity contribution < 1.29 is 22.4 Å². The van der Waals surface area contributed by atoms with Gasteiger partial charge < -0.3 is 16.4 Å². The Morgan fingerprint density at radius 2 is 1.72 bits per heavy atom. The zero-order valence-corrected chi connectivity index (χ0v) is 27.4. The number of hydrogen-bond acceptors (Lipinski definition) is 8. The lowest BCUT2D eigenvalue weighted by atomic mass is 9.81. The molecule has 0 spiro atoms. The molecule has 5 rings (SSSR count). The third kappa shape index (κ3) is 7.89. The van der Waals surface area contributed by atoms with E-state index in [1.165, 1.54) is 36.6 Å². The van der Waals surface area contributed by atoms with Crippen LogP contribution in [0.25, 0.3) is 22.5 Å². The SMILES string of the molecule is Cc1cc(S(=O)(=O)N(C)C)ccc1-c1ccc(C[C@H](NC(=O)C2CCC(CN)CC2)C(=O)Nc2ccc(-c3nn[nH]n3)c(F)c2)cc1. The number of H-pyrrole nitrogens is 1. The second kappa shape index (κ2) is 14.5. The van der Waals surface area contributed by atoms with Crippen molar-refractivity contribution >= 4 is 27.5 Å². The van der Waals surface area contributed by atoms with Gasteiger partial charge in [0.15, 0.2) is 0 Å². The molecule has 1 aromatic heterocycles. The summed E-state index contributed by atoms with van der Waals surface area (Å²) in [5, 5.41) is 19.0. The fourth-order valence-electron chi connectivity index (χ4n) is 5.83. The second-order valence-electron chi connectivity index (χ2n) is 12.1. The van der Waals surface area contributed by atoms with E-state index >= 15 is 0 Å². The number of anilines is 1. The fourth-order valence-corrected chi connectivity index (χ4v) is 6.81. The van der Waals surface area contributed by atoms with Gasteiger partial charge in [0.2, 0.25) is 27.7 Å². The molecule has 47 heavy (non-hydrogen) atoms. The third-order valence-corrected chi connectivity index (χ3v) is 10.5. The lowest BCUT2D eigenvalue weighted by molar-refractivity contribution is -0.130. The molecule has 1 atom stereocenters. The van der Waals surface area contributed by atoms with Crippen molar-refractivity contribution in [3.63, 3.8) is 0 Å². The van der Waals surface area contributed by atoms with Crippen molar-refractivity contribution in [1.29, 1.82) is 0 Å². The molecular formula is C33H39FN8O4S. The Labute approximate surface area is 273 Å². The van der Waals surface area contributed by atoms with Gasteiger partial charge in [-0.05, 0) is 103 Å². The number of aromatic nitrogens is 4. The lowest BCUT2D eigenvalue weighted by Crippen LogP contribution is -2.48. The largest absolute Gasteiger partial charge is 0.344 e. The van der Waals surface area contributed by atoms with E-state index in [4.69, 9.17) is 5.73 Å². The molecule has 248 valence electrons. The minimum atomic E-state index is -3.56. The summed E-state index contributed by atoms with van der Waals surface area (Å²) < 4.78 is 41.2. The Balaban J connectivity index is 1.34. The summed E-state index contributed by atoms with van der Waals surface area (Å²) in [6.07, 6.45) is 3.32. The van der Waals surface area contributed by atoms with Gasteiger partial charge in [0.1, 0.15) is 11.9 Å². The predicted octanol–water partition coefficient (Wildman–Crippen LogP) is 3.66. The maximum absolute atomic E-state index is 14.9. The van der Waals surface area contributed by atoms with E-state index in [1.54, 1.807) is 18.2 Å². The fraction of sp³-hybridized carbons (Fsp3) is 0.364. The maximum Gasteiger partial charge on any atom is 0.247 e. The highest BCUT2D eigenvalue weighted by Gasteiger charge is 2.29.